The summed E-state index contributed by atoms with van der Waals surface area (Å²) >= 11 is 1.88. The number of aromatic nitrogens is 4. The lowest BCUT2D eigenvalue weighted by Crippen LogP contribution is -2.74. The summed E-state index contributed by atoms with van der Waals surface area (Å²) in [5, 5.41) is 7.65. The maximum atomic E-state index is 5.16. The molecule has 1 aliphatic rings. The molecule has 3 aromatic heterocycles. The third kappa shape index (κ3) is 5.08. The van der Waals surface area contributed by atoms with Gasteiger partial charge in [0.1, 0.15) is 11.5 Å². The standard InChI is InChI=1S/C52H40N4SSi/c1-52(2)43-26-10-13-29-46(43)57-47-31-30-41-42-25-16-32-53-51(42)56(49(41)48(47)52)36-18-15-24-40(34-36)58(37-19-6-4-7-20-37,38-21-8-5-9-22-38)39-23-14-17-35(33-39)50-54-44-27-11-12-28-45(44)55(50)3/h4-34H,1-3H3. The predicted octanol–water partition coefficient (Wildman–Crippen LogP) is 9.90. The Hall–Kier alpha value is -6.47. The number of rotatable bonds is 6. The van der Waals surface area contributed by atoms with Gasteiger partial charge in [-0.1, -0.05) is 159 Å². The molecule has 6 heteroatoms. The quantitative estimate of drug-likeness (QED) is 0.125. The molecule has 0 unspecified atom stereocenters. The fourth-order valence-corrected chi connectivity index (χ4v) is 15.9. The van der Waals surface area contributed by atoms with E-state index >= 15 is 0 Å². The Balaban J connectivity index is 1.21. The molecule has 0 saturated carbocycles. The molecule has 0 spiro atoms. The van der Waals surface area contributed by atoms with Gasteiger partial charge in [-0.15, -0.1) is 0 Å². The predicted molar refractivity (Wildman–Crippen MR) is 245 cm³/mol. The van der Waals surface area contributed by atoms with E-state index in [1.54, 1.807) is 0 Å². The van der Waals surface area contributed by atoms with Crippen molar-refractivity contribution in [2.75, 3.05) is 0 Å². The lowest BCUT2D eigenvalue weighted by molar-refractivity contribution is 0.611. The molecule has 0 aliphatic carbocycles. The topological polar surface area (TPSA) is 35.6 Å². The van der Waals surface area contributed by atoms with Crippen LogP contribution in [-0.2, 0) is 12.5 Å². The van der Waals surface area contributed by atoms with E-state index < -0.39 is 8.07 Å². The van der Waals surface area contributed by atoms with Gasteiger partial charge in [-0.2, -0.15) is 0 Å². The van der Waals surface area contributed by atoms with Gasteiger partial charge in [0.2, 0.25) is 0 Å². The first-order valence-corrected chi connectivity index (χ1v) is 22.7. The highest BCUT2D eigenvalue weighted by Crippen LogP contribution is 2.52. The SMILES string of the molecule is Cn1c(-c2cccc([Si](c3ccccc3)(c3ccccc3)c3cccc(-n4c5ncccc5c5ccc6c(c54)C(C)(C)c4ccccc4S6)c3)c2)nc2ccccc21. The Morgan fingerprint density at radius 3 is 2.02 bits per heavy atom. The van der Waals surface area contributed by atoms with Crippen molar-refractivity contribution in [3.8, 4) is 17.1 Å². The van der Waals surface area contributed by atoms with Gasteiger partial charge in [0.25, 0.3) is 0 Å². The van der Waals surface area contributed by atoms with E-state index in [0.717, 1.165) is 39.1 Å². The Morgan fingerprint density at radius 2 is 1.24 bits per heavy atom. The summed E-state index contributed by atoms with van der Waals surface area (Å²) in [5.41, 5.74) is 9.01. The van der Waals surface area contributed by atoms with E-state index in [4.69, 9.17) is 9.97 Å². The van der Waals surface area contributed by atoms with E-state index in [-0.39, 0.29) is 5.41 Å². The summed E-state index contributed by atoms with van der Waals surface area (Å²) in [7, 11) is -0.857. The average Bonchev–Trinajstić information content (AvgIpc) is 3.79. The number of para-hydroxylation sites is 2. The number of nitrogens with zero attached hydrogens (tertiary/aromatic N) is 4. The molecule has 0 saturated heterocycles. The van der Waals surface area contributed by atoms with Gasteiger partial charge in [-0.3, -0.25) is 4.57 Å². The minimum Gasteiger partial charge on any atom is -0.327 e. The molecule has 0 atom stereocenters. The largest absolute Gasteiger partial charge is 0.327 e. The minimum atomic E-state index is -2.98. The van der Waals surface area contributed by atoms with Crippen LogP contribution in [0.2, 0.25) is 0 Å². The van der Waals surface area contributed by atoms with E-state index in [2.05, 4.69) is 212 Å². The van der Waals surface area contributed by atoms with Crippen molar-refractivity contribution in [2.45, 2.75) is 29.1 Å². The summed E-state index contributed by atoms with van der Waals surface area (Å²) in [6, 6.07) is 67.2. The third-order valence-corrected chi connectivity index (χ3v) is 18.2. The van der Waals surface area contributed by atoms with Crippen molar-refractivity contribution in [3.63, 3.8) is 0 Å². The first-order chi connectivity index (χ1) is 28.4. The van der Waals surface area contributed by atoms with Crippen molar-refractivity contribution in [1.29, 1.82) is 0 Å². The normalized spacial score (nSPS) is 13.5. The van der Waals surface area contributed by atoms with E-state index in [0.29, 0.717) is 0 Å². The van der Waals surface area contributed by atoms with Gasteiger partial charge in [0.05, 0.1) is 16.6 Å². The lowest BCUT2D eigenvalue weighted by Gasteiger charge is -2.36. The van der Waals surface area contributed by atoms with Crippen LogP contribution < -0.4 is 20.7 Å². The maximum absolute atomic E-state index is 5.16. The van der Waals surface area contributed by atoms with Crippen LogP contribution in [0.1, 0.15) is 25.0 Å². The van der Waals surface area contributed by atoms with Gasteiger partial charge < -0.3 is 4.57 Å². The zero-order valence-electron chi connectivity index (χ0n) is 32.6. The zero-order chi connectivity index (χ0) is 39.0. The molecule has 0 N–H and O–H groups in total. The number of imidazole rings is 1. The highest BCUT2D eigenvalue weighted by Gasteiger charge is 2.42. The third-order valence-electron chi connectivity index (χ3n) is 12.3. The molecule has 1 aliphatic heterocycles. The van der Waals surface area contributed by atoms with Crippen LogP contribution in [-0.4, -0.2) is 27.2 Å². The van der Waals surface area contributed by atoms with Gasteiger partial charge in [0, 0.05) is 56.0 Å². The number of benzene rings is 7. The van der Waals surface area contributed by atoms with Crippen LogP contribution in [0.5, 0.6) is 0 Å². The molecule has 11 rings (SSSR count). The number of hydrogen-bond acceptors (Lipinski definition) is 3. The average molecular weight is 781 g/mol. The fraction of sp³-hybridized carbons (Fsp3) is 0.0769. The van der Waals surface area contributed by atoms with Crippen LogP contribution >= 0.6 is 11.8 Å². The van der Waals surface area contributed by atoms with Crippen LogP contribution in [0.25, 0.3) is 50.0 Å². The molecule has 0 radical (unpaired) electrons. The molecule has 278 valence electrons. The number of fused-ring (bicyclic) bond motifs is 7. The molecule has 0 amide bonds. The molecule has 4 heterocycles. The van der Waals surface area contributed by atoms with Gasteiger partial charge in [-0.05, 0) is 74.8 Å². The Bertz CT molecular complexity index is 3160. The monoisotopic (exact) mass is 780 g/mol. The molecule has 10 aromatic rings. The van der Waals surface area contributed by atoms with Crippen molar-refractivity contribution in [3.05, 3.63) is 199 Å². The molecule has 58 heavy (non-hydrogen) atoms. The van der Waals surface area contributed by atoms with Crippen LogP contribution in [0.3, 0.4) is 0 Å². The van der Waals surface area contributed by atoms with Gasteiger partial charge in [0.15, 0.2) is 8.07 Å². The summed E-state index contributed by atoms with van der Waals surface area (Å²) in [6.07, 6.45) is 1.93. The smallest absolute Gasteiger partial charge is 0.179 e. The summed E-state index contributed by atoms with van der Waals surface area (Å²) < 4.78 is 4.67. The van der Waals surface area contributed by atoms with Crippen molar-refractivity contribution in [2.24, 2.45) is 7.05 Å². The van der Waals surface area contributed by atoms with Crippen LogP contribution in [0.15, 0.2) is 198 Å². The zero-order valence-corrected chi connectivity index (χ0v) is 34.4. The lowest BCUT2D eigenvalue weighted by atomic mass is 9.76. The molecule has 0 fully saturated rings. The Labute approximate surface area is 343 Å². The second-order valence-electron chi connectivity index (χ2n) is 15.9. The molecule has 4 nitrogen and oxygen atoms in total. The molecule has 0 bridgehead atoms. The number of aryl methyl sites for hydroxylation is 1. The van der Waals surface area contributed by atoms with Crippen molar-refractivity contribution < 1.29 is 0 Å². The number of hydrogen-bond donors (Lipinski definition) is 0. The first kappa shape index (κ1) is 34.7. The first-order valence-electron chi connectivity index (χ1n) is 19.9. The van der Waals surface area contributed by atoms with Gasteiger partial charge in [-0.25, -0.2) is 9.97 Å². The van der Waals surface area contributed by atoms with E-state index in [9.17, 15) is 0 Å². The van der Waals surface area contributed by atoms with E-state index in [1.807, 2.05) is 18.0 Å². The van der Waals surface area contributed by atoms with Crippen molar-refractivity contribution in [1.82, 2.24) is 19.1 Å². The number of pyridine rings is 1. The Morgan fingerprint density at radius 1 is 0.569 bits per heavy atom. The summed E-state index contributed by atoms with van der Waals surface area (Å²) in [6.45, 7) is 4.77. The molecular formula is C52H40N4SSi. The highest BCUT2D eigenvalue weighted by molar-refractivity contribution is 7.99. The summed E-state index contributed by atoms with van der Waals surface area (Å²) in [4.78, 5) is 12.9. The Kier molecular flexibility index (Phi) is 7.97. The van der Waals surface area contributed by atoms with Crippen LogP contribution in [0, 0.1) is 0 Å². The minimum absolute atomic E-state index is 0.233. The molecular weight excluding hydrogens is 741 g/mol. The highest BCUT2D eigenvalue weighted by atomic mass is 32.2. The second-order valence-corrected chi connectivity index (χ2v) is 20.8. The molecule has 7 aromatic carbocycles. The van der Waals surface area contributed by atoms with E-state index in [1.165, 1.54) is 52.6 Å². The van der Waals surface area contributed by atoms with Crippen LogP contribution in [0.4, 0.5) is 0 Å². The second kappa shape index (κ2) is 13.3. The van der Waals surface area contributed by atoms with Gasteiger partial charge >= 0.3 is 0 Å². The maximum Gasteiger partial charge on any atom is 0.179 e. The van der Waals surface area contributed by atoms with Crippen molar-refractivity contribution >= 4 is 73.6 Å². The summed E-state index contributed by atoms with van der Waals surface area (Å²) in [5.74, 6) is 0.962. The fourth-order valence-electron chi connectivity index (χ4n) is 9.73.